The Labute approximate surface area is 114 Å². The van der Waals surface area contributed by atoms with Crippen LogP contribution in [0.1, 0.15) is 5.56 Å². The minimum atomic E-state index is -0.740. The van der Waals surface area contributed by atoms with E-state index in [0.29, 0.717) is 16.3 Å². The normalized spacial score (nSPS) is 9.53. The van der Waals surface area contributed by atoms with Crippen LogP contribution in [0.2, 0.25) is 5.02 Å². The highest BCUT2D eigenvalue weighted by atomic mass is 35.5. The fourth-order valence-corrected chi connectivity index (χ4v) is 1.60. The molecule has 5 heteroatoms. The van der Waals surface area contributed by atoms with Crippen LogP contribution in [0.3, 0.4) is 0 Å². The molecule has 0 unspecified atom stereocenters. The molecule has 2 rings (SSSR count). The number of hydrogen-bond acceptors (Lipinski definition) is 2. The summed E-state index contributed by atoms with van der Waals surface area (Å²) in [4.78, 5) is 14.9. The summed E-state index contributed by atoms with van der Waals surface area (Å²) >= 11 is 5.73. The smallest absolute Gasteiger partial charge is 0.418 e. The Bertz CT molecular complexity index is 632. The summed E-state index contributed by atoms with van der Waals surface area (Å²) < 4.78 is 5.09. The molecule has 4 nitrogen and oxygen atoms in total. The van der Waals surface area contributed by atoms with Crippen LogP contribution in [-0.2, 0) is 4.79 Å². The maximum Gasteiger partial charge on any atom is 0.427 e. The van der Waals surface area contributed by atoms with Gasteiger partial charge in [-0.05, 0) is 36.4 Å². The number of nitrogens with zero attached hydrogens (tertiary/aromatic N) is 2. The molecule has 0 bridgehead atoms. The SMILES string of the molecule is [N-]=[N+]=C(C(=O)Oc1ccc(Cl)cc1)c1ccccc1. The van der Waals surface area contributed by atoms with Crippen molar-refractivity contribution < 1.29 is 14.3 Å². The van der Waals surface area contributed by atoms with Gasteiger partial charge in [0.1, 0.15) is 5.75 Å². The van der Waals surface area contributed by atoms with Crippen LogP contribution in [0, 0.1) is 0 Å². The van der Waals surface area contributed by atoms with Crippen molar-refractivity contribution in [2.45, 2.75) is 0 Å². The Morgan fingerprint density at radius 3 is 2.26 bits per heavy atom. The molecule has 0 aromatic heterocycles. The lowest BCUT2D eigenvalue weighted by Gasteiger charge is -2.01. The zero-order valence-electron chi connectivity index (χ0n) is 9.79. The van der Waals surface area contributed by atoms with Crippen molar-refractivity contribution in [1.29, 1.82) is 0 Å². The van der Waals surface area contributed by atoms with E-state index < -0.39 is 5.97 Å². The van der Waals surface area contributed by atoms with Gasteiger partial charge in [-0.15, -0.1) is 0 Å². The molecule has 0 aliphatic rings. The van der Waals surface area contributed by atoms with Crippen LogP contribution >= 0.6 is 11.6 Å². The van der Waals surface area contributed by atoms with Gasteiger partial charge in [0.2, 0.25) is 0 Å². The Kier molecular flexibility index (Phi) is 4.08. The van der Waals surface area contributed by atoms with E-state index in [1.165, 1.54) is 0 Å². The molecule has 2 aromatic rings. The van der Waals surface area contributed by atoms with E-state index in [1.54, 1.807) is 54.6 Å². The van der Waals surface area contributed by atoms with Crippen molar-refractivity contribution in [3.63, 3.8) is 0 Å². The van der Waals surface area contributed by atoms with Gasteiger partial charge in [-0.2, -0.15) is 4.79 Å². The fourth-order valence-electron chi connectivity index (χ4n) is 1.47. The summed E-state index contributed by atoms with van der Waals surface area (Å²) in [5.74, 6) is -0.414. The molecule has 0 aliphatic carbocycles. The third-order valence-corrected chi connectivity index (χ3v) is 2.62. The average Bonchev–Trinajstić information content (AvgIpc) is 2.43. The minimum absolute atomic E-state index is 0.157. The van der Waals surface area contributed by atoms with Gasteiger partial charge >= 0.3 is 11.7 Å². The standard InChI is InChI=1S/C14H9ClN2O2/c15-11-6-8-12(9-7-11)19-14(18)13(17-16)10-4-2-1-3-5-10/h1-9H. The maximum atomic E-state index is 11.9. The summed E-state index contributed by atoms with van der Waals surface area (Å²) in [5, 5.41) is 0.541. The molecule has 0 saturated heterocycles. The number of ether oxygens (including phenoxy) is 1. The number of rotatable bonds is 3. The molecule has 0 saturated carbocycles. The van der Waals surface area contributed by atoms with Gasteiger partial charge in [-0.25, -0.2) is 4.79 Å². The summed E-state index contributed by atoms with van der Waals surface area (Å²) in [7, 11) is 0. The first kappa shape index (κ1) is 13.0. The van der Waals surface area contributed by atoms with Crippen LogP contribution in [0.15, 0.2) is 54.6 Å². The molecule has 0 amide bonds. The molecule has 2 aromatic carbocycles. The Balaban J connectivity index is 2.19. The van der Waals surface area contributed by atoms with Crippen molar-refractivity contribution in [3.8, 4) is 5.75 Å². The van der Waals surface area contributed by atoms with E-state index in [9.17, 15) is 4.79 Å². The highest BCUT2D eigenvalue weighted by Gasteiger charge is 2.24. The van der Waals surface area contributed by atoms with Crippen LogP contribution < -0.4 is 4.74 Å². The van der Waals surface area contributed by atoms with Crippen LogP contribution in [0.25, 0.3) is 5.53 Å². The van der Waals surface area contributed by atoms with Crippen molar-refractivity contribution in [1.82, 2.24) is 0 Å². The van der Waals surface area contributed by atoms with E-state index in [2.05, 4.69) is 4.79 Å². The van der Waals surface area contributed by atoms with Crippen LogP contribution in [-0.4, -0.2) is 16.5 Å². The lowest BCUT2D eigenvalue weighted by atomic mass is 10.1. The topological polar surface area (TPSA) is 62.7 Å². The third kappa shape index (κ3) is 3.28. The van der Waals surface area contributed by atoms with E-state index in [4.69, 9.17) is 21.9 Å². The van der Waals surface area contributed by atoms with Gasteiger partial charge in [0.25, 0.3) is 0 Å². The third-order valence-electron chi connectivity index (χ3n) is 2.36. The largest absolute Gasteiger partial charge is 0.427 e. The first-order chi connectivity index (χ1) is 9.20. The van der Waals surface area contributed by atoms with Gasteiger partial charge in [-0.3, -0.25) is 0 Å². The van der Waals surface area contributed by atoms with Gasteiger partial charge < -0.3 is 10.3 Å². The quantitative estimate of drug-likeness (QED) is 0.283. The van der Waals surface area contributed by atoms with Crippen molar-refractivity contribution in [2.75, 3.05) is 0 Å². The second-order valence-corrected chi connectivity index (χ2v) is 4.09. The lowest BCUT2D eigenvalue weighted by molar-refractivity contribution is -0.131. The number of benzene rings is 2. The van der Waals surface area contributed by atoms with E-state index in [-0.39, 0.29) is 5.71 Å². The second kappa shape index (κ2) is 5.96. The molecule has 0 aliphatic heterocycles. The zero-order valence-corrected chi connectivity index (χ0v) is 10.5. The van der Waals surface area contributed by atoms with Gasteiger partial charge in [0.15, 0.2) is 0 Å². The second-order valence-electron chi connectivity index (χ2n) is 3.66. The summed E-state index contributed by atoms with van der Waals surface area (Å²) in [6, 6.07) is 14.9. The Morgan fingerprint density at radius 2 is 1.68 bits per heavy atom. The number of halogens is 1. The number of esters is 1. The van der Waals surface area contributed by atoms with Gasteiger partial charge in [0.05, 0.1) is 5.56 Å². The zero-order chi connectivity index (χ0) is 13.7. The summed E-state index contributed by atoms with van der Waals surface area (Å²) in [6.45, 7) is 0. The molecule has 0 atom stereocenters. The van der Waals surface area contributed by atoms with Crippen molar-refractivity contribution in [3.05, 3.63) is 70.7 Å². The summed E-state index contributed by atoms with van der Waals surface area (Å²) in [5.41, 5.74) is 9.26. The van der Waals surface area contributed by atoms with E-state index in [0.717, 1.165) is 0 Å². The predicted molar refractivity (Wildman–Crippen MR) is 71.3 cm³/mol. The van der Waals surface area contributed by atoms with Gasteiger partial charge in [-0.1, -0.05) is 29.8 Å². The van der Waals surface area contributed by atoms with Gasteiger partial charge in [0, 0.05) is 5.02 Å². The van der Waals surface area contributed by atoms with E-state index in [1.807, 2.05) is 0 Å². The van der Waals surface area contributed by atoms with E-state index >= 15 is 0 Å². The Morgan fingerprint density at radius 1 is 1.05 bits per heavy atom. The highest BCUT2D eigenvalue weighted by Crippen LogP contribution is 2.16. The predicted octanol–water partition coefficient (Wildman–Crippen LogP) is 2.96. The molecule has 94 valence electrons. The molecule has 0 radical (unpaired) electrons. The average molecular weight is 273 g/mol. The van der Waals surface area contributed by atoms with Crippen molar-refractivity contribution in [2.24, 2.45) is 0 Å². The molecule has 19 heavy (non-hydrogen) atoms. The molecule has 0 fully saturated rings. The monoisotopic (exact) mass is 272 g/mol. The number of carbonyl (C=O) groups excluding carboxylic acids is 1. The number of carbonyl (C=O) groups is 1. The fraction of sp³-hybridized carbons (Fsp3) is 0. The number of hydrogen-bond donors (Lipinski definition) is 0. The molecule has 0 spiro atoms. The molecular weight excluding hydrogens is 264 g/mol. The maximum absolute atomic E-state index is 11.9. The van der Waals surface area contributed by atoms with Crippen molar-refractivity contribution >= 4 is 23.3 Å². The first-order valence-electron chi connectivity index (χ1n) is 5.46. The van der Waals surface area contributed by atoms with Crippen LogP contribution in [0.4, 0.5) is 0 Å². The molecule has 0 heterocycles. The molecule has 0 N–H and O–H groups in total. The molecular formula is C14H9ClN2O2. The lowest BCUT2D eigenvalue weighted by Crippen LogP contribution is -2.22. The minimum Gasteiger partial charge on any atom is -0.418 e. The Hall–Kier alpha value is -2.42. The van der Waals surface area contributed by atoms with Crippen LogP contribution in [0.5, 0.6) is 5.75 Å². The first-order valence-corrected chi connectivity index (χ1v) is 5.83. The summed E-state index contributed by atoms with van der Waals surface area (Å²) in [6.07, 6.45) is 0. The highest BCUT2D eigenvalue weighted by molar-refractivity contribution is 6.41.